The first kappa shape index (κ1) is 16.2. The van der Waals surface area contributed by atoms with Crippen LogP contribution in [0, 0.1) is 0 Å². The average Bonchev–Trinajstić information content (AvgIpc) is 2.33. The molecule has 0 saturated carbocycles. The van der Waals surface area contributed by atoms with Gasteiger partial charge in [0.1, 0.15) is 5.60 Å². The summed E-state index contributed by atoms with van der Waals surface area (Å²) in [7, 11) is 0. The van der Waals surface area contributed by atoms with Gasteiger partial charge in [0.05, 0.1) is 25.9 Å². The predicted octanol–water partition coefficient (Wildman–Crippen LogP) is 2.44. The zero-order valence-corrected chi connectivity index (χ0v) is 12.6. The van der Waals surface area contributed by atoms with Gasteiger partial charge in [0.15, 0.2) is 0 Å². The van der Waals surface area contributed by atoms with Crippen LogP contribution in [0.1, 0.15) is 40.5 Å². The van der Waals surface area contributed by atoms with E-state index in [0.29, 0.717) is 26.3 Å². The number of hydrogen-bond acceptors (Lipinski definition) is 4. The Labute approximate surface area is 116 Å². The molecule has 0 aliphatic carbocycles. The van der Waals surface area contributed by atoms with Gasteiger partial charge in [-0.1, -0.05) is 13.3 Å². The molecule has 0 aromatic rings. The Morgan fingerprint density at radius 3 is 2.79 bits per heavy atom. The first-order valence-corrected chi connectivity index (χ1v) is 7.09. The van der Waals surface area contributed by atoms with E-state index in [4.69, 9.17) is 14.2 Å². The van der Waals surface area contributed by atoms with E-state index in [1.54, 1.807) is 4.90 Å². The first-order valence-electron chi connectivity index (χ1n) is 7.09. The zero-order chi connectivity index (χ0) is 14.3. The summed E-state index contributed by atoms with van der Waals surface area (Å²) in [6, 6.07) is 0. The van der Waals surface area contributed by atoms with Gasteiger partial charge < -0.3 is 19.1 Å². The van der Waals surface area contributed by atoms with Crippen LogP contribution in [0.3, 0.4) is 0 Å². The number of carbonyl (C=O) groups is 1. The van der Waals surface area contributed by atoms with E-state index < -0.39 is 5.60 Å². The van der Waals surface area contributed by atoms with Crippen LogP contribution in [0.5, 0.6) is 0 Å². The molecule has 5 nitrogen and oxygen atoms in total. The van der Waals surface area contributed by atoms with Crippen LogP contribution in [-0.2, 0) is 14.2 Å². The summed E-state index contributed by atoms with van der Waals surface area (Å²) < 4.78 is 16.5. The Kier molecular flexibility index (Phi) is 6.58. The Morgan fingerprint density at radius 1 is 1.42 bits per heavy atom. The molecule has 0 radical (unpaired) electrons. The third-order valence-electron chi connectivity index (χ3n) is 2.74. The monoisotopic (exact) mass is 273 g/mol. The largest absolute Gasteiger partial charge is 0.444 e. The van der Waals surface area contributed by atoms with Crippen molar-refractivity contribution in [1.29, 1.82) is 0 Å². The molecule has 19 heavy (non-hydrogen) atoms. The lowest BCUT2D eigenvalue weighted by Crippen LogP contribution is -2.48. The van der Waals surface area contributed by atoms with Crippen LogP contribution in [0.25, 0.3) is 0 Å². The molecular formula is C14H27NO4. The van der Waals surface area contributed by atoms with E-state index >= 15 is 0 Å². The van der Waals surface area contributed by atoms with Crippen LogP contribution in [-0.4, -0.2) is 55.6 Å². The van der Waals surface area contributed by atoms with E-state index in [9.17, 15) is 4.79 Å². The molecule has 0 aromatic carbocycles. The fraction of sp³-hybridized carbons (Fsp3) is 0.929. The fourth-order valence-electron chi connectivity index (χ4n) is 1.77. The minimum absolute atomic E-state index is 0.0434. The molecule has 1 aliphatic rings. The van der Waals surface area contributed by atoms with Crippen molar-refractivity contribution in [1.82, 2.24) is 4.90 Å². The lowest BCUT2D eigenvalue weighted by atomic mass is 10.2. The lowest BCUT2D eigenvalue weighted by Gasteiger charge is -2.34. The van der Waals surface area contributed by atoms with Gasteiger partial charge >= 0.3 is 6.09 Å². The summed E-state index contributed by atoms with van der Waals surface area (Å²) in [5, 5.41) is 0. The molecule has 1 rings (SSSR count). The highest BCUT2D eigenvalue weighted by molar-refractivity contribution is 5.68. The molecule has 1 amide bonds. The zero-order valence-electron chi connectivity index (χ0n) is 12.6. The number of morpholine rings is 1. The Hall–Kier alpha value is -0.810. The number of carbonyl (C=O) groups excluding carboxylic acids is 1. The fourth-order valence-corrected chi connectivity index (χ4v) is 1.77. The summed E-state index contributed by atoms with van der Waals surface area (Å²) in [5.41, 5.74) is -0.456. The summed E-state index contributed by atoms with van der Waals surface area (Å²) >= 11 is 0. The van der Waals surface area contributed by atoms with Gasteiger partial charge in [-0.2, -0.15) is 0 Å². The van der Waals surface area contributed by atoms with E-state index in [1.807, 2.05) is 20.8 Å². The van der Waals surface area contributed by atoms with E-state index in [-0.39, 0.29) is 12.2 Å². The van der Waals surface area contributed by atoms with E-state index in [1.165, 1.54) is 0 Å². The standard InChI is InChI=1S/C14H27NO4/c1-5-6-8-17-11-12-10-15(7-9-18-12)13(16)19-14(2,3)4/h12H,5-11H2,1-4H3/t12-/m1/s1. The number of unbranched alkanes of at least 4 members (excludes halogenated alkanes) is 1. The second-order valence-corrected chi connectivity index (χ2v) is 5.85. The smallest absolute Gasteiger partial charge is 0.410 e. The second kappa shape index (κ2) is 7.70. The molecule has 1 atom stereocenters. The van der Waals surface area contributed by atoms with Crippen LogP contribution in [0.4, 0.5) is 4.79 Å². The highest BCUT2D eigenvalue weighted by atomic mass is 16.6. The lowest BCUT2D eigenvalue weighted by molar-refractivity contribution is -0.0726. The van der Waals surface area contributed by atoms with Gasteiger partial charge in [-0.05, 0) is 27.2 Å². The van der Waals surface area contributed by atoms with Crippen molar-refractivity contribution in [2.24, 2.45) is 0 Å². The molecule has 1 aliphatic heterocycles. The molecule has 1 heterocycles. The second-order valence-electron chi connectivity index (χ2n) is 5.85. The first-order chi connectivity index (χ1) is 8.92. The molecule has 1 saturated heterocycles. The summed E-state index contributed by atoms with van der Waals surface area (Å²) in [4.78, 5) is 13.6. The van der Waals surface area contributed by atoms with Crippen LogP contribution >= 0.6 is 0 Å². The molecule has 0 bridgehead atoms. The molecule has 0 unspecified atom stereocenters. The van der Waals surface area contributed by atoms with Crippen LogP contribution in [0.2, 0.25) is 0 Å². The van der Waals surface area contributed by atoms with Crippen molar-refractivity contribution >= 4 is 6.09 Å². The predicted molar refractivity (Wildman–Crippen MR) is 73.3 cm³/mol. The Balaban J connectivity index is 2.31. The van der Waals surface area contributed by atoms with Crippen LogP contribution < -0.4 is 0 Å². The number of hydrogen-bond donors (Lipinski definition) is 0. The Morgan fingerprint density at radius 2 is 2.16 bits per heavy atom. The topological polar surface area (TPSA) is 48.0 Å². The minimum Gasteiger partial charge on any atom is -0.444 e. The number of rotatable bonds is 5. The molecule has 5 heteroatoms. The normalized spacial score (nSPS) is 20.4. The summed E-state index contributed by atoms with van der Waals surface area (Å²) in [6.45, 7) is 10.7. The van der Waals surface area contributed by atoms with E-state index in [0.717, 1.165) is 19.4 Å². The average molecular weight is 273 g/mol. The molecule has 112 valence electrons. The third-order valence-corrected chi connectivity index (χ3v) is 2.74. The quantitative estimate of drug-likeness (QED) is 0.722. The van der Waals surface area contributed by atoms with Crippen molar-refractivity contribution < 1.29 is 19.0 Å². The molecule has 0 aromatic heterocycles. The summed E-state index contributed by atoms with van der Waals surface area (Å²) in [5.74, 6) is 0. The maximum Gasteiger partial charge on any atom is 0.410 e. The maximum absolute atomic E-state index is 11.9. The van der Waals surface area contributed by atoms with Gasteiger partial charge in [0, 0.05) is 13.2 Å². The maximum atomic E-state index is 11.9. The minimum atomic E-state index is -0.456. The van der Waals surface area contributed by atoms with Crippen LogP contribution in [0.15, 0.2) is 0 Å². The number of ether oxygens (including phenoxy) is 3. The van der Waals surface area contributed by atoms with Gasteiger partial charge in [-0.3, -0.25) is 0 Å². The van der Waals surface area contributed by atoms with Crippen molar-refractivity contribution in [3.05, 3.63) is 0 Å². The number of amides is 1. The molecule has 1 fully saturated rings. The Bertz CT molecular complexity index is 275. The SMILES string of the molecule is CCCCOC[C@H]1CN(C(=O)OC(C)(C)C)CCO1. The van der Waals surface area contributed by atoms with Crippen molar-refractivity contribution in [2.75, 3.05) is 32.9 Å². The molecule has 0 N–H and O–H groups in total. The van der Waals surface area contributed by atoms with Gasteiger partial charge in [0.2, 0.25) is 0 Å². The summed E-state index contributed by atoms with van der Waals surface area (Å²) in [6.07, 6.45) is 1.87. The third kappa shape index (κ3) is 6.78. The van der Waals surface area contributed by atoms with Gasteiger partial charge in [0.25, 0.3) is 0 Å². The highest BCUT2D eigenvalue weighted by Crippen LogP contribution is 2.13. The molecule has 0 spiro atoms. The van der Waals surface area contributed by atoms with Crippen molar-refractivity contribution in [3.63, 3.8) is 0 Å². The molecular weight excluding hydrogens is 246 g/mol. The van der Waals surface area contributed by atoms with Gasteiger partial charge in [-0.25, -0.2) is 4.79 Å². The van der Waals surface area contributed by atoms with Gasteiger partial charge in [-0.15, -0.1) is 0 Å². The van der Waals surface area contributed by atoms with E-state index in [2.05, 4.69) is 6.92 Å². The van der Waals surface area contributed by atoms with Crippen molar-refractivity contribution in [3.8, 4) is 0 Å². The highest BCUT2D eigenvalue weighted by Gasteiger charge is 2.28. The van der Waals surface area contributed by atoms with Crippen molar-refractivity contribution in [2.45, 2.75) is 52.2 Å². The number of nitrogens with zero attached hydrogens (tertiary/aromatic N) is 1.